The van der Waals surface area contributed by atoms with Gasteiger partial charge in [-0.05, 0) is 51.5 Å². The van der Waals surface area contributed by atoms with E-state index >= 15 is 0 Å². The van der Waals surface area contributed by atoms with Crippen molar-refractivity contribution in [1.82, 2.24) is 0 Å². The normalized spacial score (nSPS) is 11.0. The summed E-state index contributed by atoms with van der Waals surface area (Å²) in [5.74, 6) is -0.671. The largest absolute Gasteiger partial charge is 0.481 e. The fourth-order valence-electron chi connectivity index (χ4n) is 2.48. The van der Waals surface area contributed by atoms with Crippen molar-refractivity contribution < 1.29 is 9.90 Å². The van der Waals surface area contributed by atoms with Crippen LogP contribution in [0, 0.1) is 0 Å². The minimum Gasteiger partial charge on any atom is -0.481 e. The number of rotatable bonds is 17. The van der Waals surface area contributed by atoms with Gasteiger partial charge in [0.1, 0.15) is 0 Å². The molecule has 0 aromatic carbocycles. The lowest BCUT2D eigenvalue weighted by Gasteiger charge is -1.98. The summed E-state index contributed by atoms with van der Waals surface area (Å²) in [6.45, 7) is 5.27. The van der Waals surface area contributed by atoms with Crippen LogP contribution in [-0.2, 0) is 4.79 Å². The molecule has 0 unspecified atom stereocenters. The second-order valence-corrected chi connectivity index (χ2v) is 6.87. The van der Waals surface area contributed by atoms with Crippen LogP contribution in [0.5, 0.6) is 0 Å². The standard InChI is InChI=1S/C18H32O2.C5H13N/c1-2-3-4-5-6-7-8-9-10-11-12-13-14-15-16-17-18(19)20;1-2-3-4-5-6/h6-7,9-10H,2-5,8,11-17H2,1H3,(H,19,20);2-6H2,1H3/b7-6-,10-9-;. The molecule has 0 saturated carbocycles. The number of unbranched alkanes of at least 4 members (excludes halogenated alkanes) is 10. The Hall–Kier alpha value is -1.09. The summed E-state index contributed by atoms with van der Waals surface area (Å²) in [5.41, 5.74) is 5.21. The van der Waals surface area contributed by atoms with Crippen molar-refractivity contribution in [3.05, 3.63) is 24.3 Å². The van der Waals surface area contributed by atoms with E-state index in [0.29, 0.717) is 6.42 Å². The number of allylic oxidation sites excluding steroid dienone is 4. The Kier molecular flexibility index (Phi) is 27.3. The van der Waals surface area contributed by atoms with Gasteiger partial charge in [-0.1, -0.05) is 83.1 Å². The van der Waals surface area contributed by atoms with Gasteiger partial charge in [0.05, 0.1) is 0 Å². The Bertz CT molecular complexity index is 320. The van der Waals surface area contributed by atoms with Crippen LogP contribution in [0.2, 0.25) is 0 Å². The van der Waals surface area contributed by atoms with Crippen molar-refractivity contribution in [2.75, 3.05) is 6.54 Å². The molecule has 0 rings (SSSR count). The molecule has 0 aromatic rings. The van der Waals surface area contributed by atoms with E-state index in [4.69, 9.17) is 10.8 Å². The molecule has 0 radical (unpaired) electrons. The van der Waals surface area contributed by atoms with Crippen molar-refractivity contribution in [3.63, 3.8) is 0 Å². The Labute approximate surface area is 163 Å². The molecular formula is C23H45NO2. The van der Waals surface area contributed by atoms with Gasteiger partial charge in [0.15, 0.2) is 0 Å². The summed E-state index contributed by atoms with van der Waals surface area (Å²) >= 11 is 0. The monoisotopic (exact) mass is 367 g/mol. The Morgan fingerprint density at radius 2 is 1.23 bits per heavy atom. The molecule has 3 nitrogen and oxygen atoms in total. The topological polar surface area (TPSA) is 63.3 Å². The van der Waals surface area contributed by atoms with Crippen molar-refractivity contribution >= 4 is 5.97 Å². The van der Waals surface area contributed by atoms with E-state index in [0.717, 1.165) is 32.2 Å². The fraction of sp³-hybridized carbons (Fsp3) is 0.783. The number of carboxylic acid groups (broad SMARTS) is 1. The maximum atomic E-state index is 10.3. The van der Waals surface area contributed by atoms with Gasteiger partial charge in [0.2, 0.25) is 0 Å². The minimum absolute atomic E-state index is 0.324. The predicted octanol–water partition coefficient (Wildman–Crippen LogP) is 7.02. The van der Waals surface area contributed by atoms with E-state index in [-0.39, 0.29) is 0 Å². The van der Waals surface area contributed by atoms with E-state index in [1.54, 1.807) is 0 Å². The Balaban J connectivity index is 0. The van der Waals surface area contributed by atoms with Crippen LogP contribution in [-0.4, -0.2) is 17.6 Å². The Morgan fingerprint density at radius 3 is 1.73 bits per heavy atom. The van der Waals surface area contributed by atoms with Crippen LogP contribution in [0.3, 0.4) is 0 Å². The highest BCUT2D eigenvalue weighted by Crippen LogP contribution is 2.08. The van der Waals surface area contributed by atoms with Crippen LogP contribution in [0.4, 0.5) is 0 Å². The third-order valence-corrected chi connectivity index (χ3v) is 4.15. The average Bonchev–Trinajstić information content (AvgIpc) is 2.63. The van der Waals surface area contributed by atoms with Crippen LogP contribution < -0.4 is 5.73 Å². The lowest BCUT2D eigenvalue weighted by atomic mass is 10.1. The third kappa shape index (κ3) is 30.8. The molecule has 0 aromatic heterocycles. The van der Waals surface area contributed by atoms with Gasteiger partial charge in [0, 0.05) is 6.42 Å². The molecule has 0 heterocycles. The molecule has 0 aliphatic rings. The molecule has 3 heteroatoms. The lowest BCUT2D eigenvalue weighted by Crippen LogP contribution is -1.96. The van der Waals surface area contributed by atoms with Crippen LogP contribution in [0.25, 0.3) is 0 Å². The number of nitrogens with two attached hydrogens (primary N) is 1. The maximum Gasteiger partial charge on any atom is 0.303 e. The zero-order valence-corrected chi connectivity index (χ0v) is 17.6. The quantitative estimate of drug-likeness (QED) is 0.214. The zero-order chi connectivity index (χ0) is 19.7. The first kappa shape index (κ1) is 27.1. The minimum atomic E-state index is -0.671. The predicted molar refractivity (Wildman–Crippen MR) is 116 cm³/mol. The average molecular weight is 368 g/mol. The van der Waals surface area contributed by atoms with Gasteiger partial charge >= 0.3 is 5.97 Å². The van der Waals surface area contributed by atoms with Gasteiger partial charge in [-0.15, -0.1) is 0 Å². The molecular weight excluding hydrogens is 322 g/mol. The first-order valence-electron chi connectivity index (χ1n) is 10.9. The van der Waals surface area contributed by atoms with Crippen molar-refractivity contribution in [1.29, 1.82) is 0 Å². The lowest BCUT2D eigenvalue weighted by molar-refractivity contribution is -0.137. The van der Waals surface area contributed by atoms with Gasteiger partial charge in [0.25, 0.3) is 0 Å². The molecule has 0 amide bonds. The van der Waals surface area contributed by atoms with Crippen LogP contribution in [0.1, 0.15) is 110 Å². The summed E-state index contributed by atoms with van der Waals surface area (Å²) in [7, 11) is 0. The van der Waals surface area contributed by atoms with Crippen LogP contribution >= 0.6 is 0 Å². The van der Waals surface area contributed by atoms with Gasteiger partial charge in [-0.25, -0.2) is 0 Å². The molecule has 154 valence electrons. The van der Waals surface area contributed by atoms with Crippen molar-refractivity contribution in [3.8, 4) is 0 Å². The second kappa shape index (κ2) is 26.1. The summed E-state index contributed by atoms with van der Waals surface area (Å²) in [6, 6.07) is 0. The smallest absolute Gasteiger partial charge is 0.303 e. The van der Waals surface area contributed by atoms with Gasteiger partial charge in [-0.2, -0.15) is 0 Å². The number of aliphatic carboxylic acids is 1. The Morgan fingerprint density at radius 1 is 0.731 bits per heavy atom. The highest BCUT2D eigenvalue weighted by molar-refractivity contribution is 5.66. The van der Waals surface area contributed by atoms with E-state index in [2.05, 4.69) is 38.2 Å². The number of carbonyl (C=O) groups is 1. The van der Waals surface area contributed by atoms with Crippen molar-refractivity contribution in [2.45, 2.75) is 110 Å². The molecule has 0 saturated heterocycles. The molecule has 26 heavy (non-hydrogen) atoms. The van der Waals surface area contributed by atoms with E-state index < -0.39 is 5.97 Å². The molecule has 0 aliphatic heterocycles. The van der Waals surface area contributed by atoms with Gasteiger partial charge < -0.3 is 10.8 Å². The summed E-state index contributed by atoms with van der Waals surface area (Å²) in [4.78, 5) is 10.3. The molecule has 0 aliphatic carbocycles. The third-order valence-electron chi connectivity index (χ3n) is 4.15. The first-order chi connectivity index (χ1) is 12.7. The van der Waals surface area contributed by atoms with E-state index in [1.807, 2.05) is 0 Å². The highest BCUT2D eigenvalue weighted by atomic mass is 16.4. The SMILES string of the molecule is CCCCC/C=C\C/C=C\CCCCCCCC(=O)O.CCCCCN. The summed E-state index contributed by atoms with van der Waals surface area (Å²) in [6.07, 6.45) is 26.0. The van der Waals surface area contributed by atoms with E-state index in [1.165, 1.54) is 64.2 Å². The molecule has 0 spiro atoms. The number of hydrogen-bond acceptors (Lipinski definition) is 2. The molecule has 0 fully saturated rings. The molecule has 0 bridgehead atoms. The zero-order valence-electron chi connectivity index (χ0n) is 17.6. The number of hydrogen-bond donors (Lipinski definition) is 2. The number of carboxylic acids is 1. The fourth-order valence-corrected chi connectivity index (χ4v) is 2.48. The summed E-state index contributed by atoms with van der Waals surface area (Å²) < 4.78 is 0. The highest BCUT2D eigenvalue weighted by Gasteiger charge is 1.95. The van der Waals surface area contributed by atoms with Crippen molar-refractivity contribution in [2.24, 2.45) is 5.73 Å². The molecule has 3 N–H and O–H groups in total. The maximum absolute atomic E-state index is 10.3. The van der Waals surface area contributed by atoms with Crippen LogP contribution in [0.15, 0.2) is 24.3 Å². The van der Waals surface area contributed by atoms with Gasteiger partial charge in [-0.3, -0.25) is 4.79 Å². The van der Waals surface area contributed by atoms with E-state index in [9.17, 15) is 4.79 Å². The summed E-state index contributed by atoms with van der Waals surface area (Å²) in [5, 5.41) is 8.50. The second-order valence-electron chi connectivity index (χ2n) is 6.87. The first-order valence-corrected chi connectivity index (χ1v) is 10.9. The molecule has 0 atom stereocenters.